The van der Waals surface area contributed by atoms with Crippen LogP contribution in [0.3, 0.4) is 0 Å². The Bertz CT molecular complexity index is 517. The average Bonchev–Trinajstić information content (AvgIpc) is 2.58. The normalized spacial score (nSPS) is 12.8. The molecule has 6 heteroatoms. The van der Waals surface area contributed by atoms with E-state index < -0.39 is 11.9 Å². The second kappa shape index (κ2) is 4.64. The SMILES string of the molecule is Cn1ncc(Cl)c1C(O)c1c(F)cccc1Cl. The zero-order valence-corrected chi connectivity index (χ0v) is 10.4. The lowest BCUT2D eigenvalue weighted by Crippen LogP contribution is -2.09. The summed E-state index contributed by atoms with van der Waals surface area (Å²) in [5.74, 6) is -0.581. The highest BCUT2D eigenvalue weighted by molar-refractivity contribution is 6.32. The van der Waals surface area contributed by atoms with Crippen molar-refractivity contribution >= 4 is 23.2 Å². The van der Waals surface area contributed by atoms with Gasteiger partial charge in [0.15, 0.2) is 0 Å². The number of hydrogen-bond donors (Lipinski definition) is 1. The van der Waals surface area contributed by atoms with Gasteiger partial charge in [0.05, 0.1) is 16.9 Å². The molecule has 0 amide bonds. The van der Waals surface area contributed by atoms with Gasteiger partial charge in [-0.3, -0.25) is 4.68 Å². The van der Waals surface area contributed by atoms with Crippen LogP contribution in [0, 0.1) is 5.82 Å². The Labute approximate surface area is 107 Å². The maximum atomic E-state index is 13.6. The van der Waals surface area contributed by atoms with Gasteiger partial charge in [0.25, 0.3) is 0 Å². The number of rotatable bonds is 2. The number of aryl methyl sites for hydroxylation is 1. The van der Waals surface area contributed by atoms with E-state index >= 15 is 0 Å². The summed E-state index contributed by atoms with van der Waals surface area (Å²) in [6.45, 7) is 0. The first-order chi connectivity index (χ1) is 8.02. The van der Waals surface area contributed by atoms with E-state index in [1.807, 2.05) is 0 Å². The minimum atomic E-state index is -1.25. The van der Waals surface area contributed by atoms with Crippen molar-refractivity contribution in [3.05, 3.63) is 51.5 Å². The molecule has 0 radical (unpaired) electrons. The van der Waals surface area contributed by atoms with E-state index in [4.69, 9.17) is 23.2 Å². The van der Waals surface area contributed by atoms with Crippen LogP contribution in [-0.2, 0) is 7.05 Å². The Morgan fingerprint density at radius 3 is 2.59 bits per heavy atom. The van der Waals surface area contributed by atoms with Crippen molar-refractivity contribution in [2.75, 3.05) is 0 Å². The molecule has 0 aliphatic rings. The minimum absolute atomic E-state index is 0.000309. The fraction of sp³-hybridized carbons (Fsp3) is 0.182. The molecule has 0 bridgehead atoms. The molecule has 0 aliphatic heterocycles. The summed E-state index contributed by atoms with van der Waals surface area (Å²) in [4.78, 5) is 0. The van der Waals surface area contributed by atoms with Gasteiger partial charge in [0.1, 0.15) is 11.9 Å². The number of halogens is 3. The zero-order valence-electron chi connectivity index (χ0n) is 8.86. The standard InChI is InChI=1S/C11H9Cl2FN2O/c1-16-10(7(13)5-15-16)11(17)9-6(12)3-2-4-8(9)14/h2-5,11,17H,1H3. The molecule has 0 fully saturated rings. The fourth-order valence-corrected chi connectivity index (χ4v) is 2.17. The molecule has 3 nitrogen and oxygen atoms in total. The van der Waals surface area contributed by atoms with E-state index in [-0.39, 0.29) is 15.6 Å². The molecule has 2 rings (SSSR count). The summed E-state index contributed by atoms with van der Waals surface area (Å²) in [7, 11) is 1.61. The number of aliphatic hydroxyl groups is 1. The lowest BCUT2D eigenvalue weighted by atomic mass is 10.1. The number of benzene rings is 1. The molecule has 1 aromatic carbocycles. The predicted molar refractivity (Wildman–Crippen MR) is 63.7 cm³/mol. The van der Waals surface area contributed by atoms with E-state index in [0.717, 1.165) is 0 Å². The maximum absolute atomic E-state index is 13.6. The quantitative estimate of drug-likeness (QED) is 0.915. The van der Waals surface area contributed by atoms with Crippen LogP contribution in [0.2, 0.25) is 10.0 Å². The highest BCUT2D eigenvalue weighted by Crippen LogP contribution is 2.33. The van der Waals surface area contributed by atoms with Crippen molar-refractivity contribution in [2.24, 2.45) is 7.05 Å². The zero-order chi connectivity index (χ0) is 12.6. The van der Waals surface area contributed by atoms with E-state index in [2.05, 4.69) is 5.10 Å². The van der Waals surface area contributed by atoms with E-state index in [1.165, 1.54) is 29.1 Å². The average molecular weight is 275 g/mol. The number of aliphatic hydroxyl groups excluding tert-OH is 1. The maximum Gasteiger partial charge on any atom is 0.130 e. The molecule has 2 aromatic rings. The van der Waals surface area contributed by atoms with Crippen molar-refractivity contribution in [3.63, 3.8) is 0 Å². The Morgan fingerprint density at radius 1 is 1.35 bits per heavy atom. The molecule has 0 spiro atoms. The van der Waals surface area contributed by atoms with Crippen molar-refractivity contribution in [3.8, 4) is 0 Å². The number of nitrogens with zero attached hydrogens (tertiary/aromatic N) is 2. The Kier molecular flexibility index (Phi) is 3.38. The van der Waals surface area contributed by atoms with Crippen molar-refractivity contribution in [1.29, 1.82) is 0 Å². The van der Waals surface area contributed by atoms with E-state index in [1.54, 1.807) is 7.05 Å². The summed E-state index contributed by atoms with van der Waals surface area (Å²) < 4.78 is 15.0. The molecule has 17 heavy (non-hydrogen) atoms. The Hall–Kier alpha value is -1.10. The minimum Gasteiger partial charge on any atom is -0.382 e. The monoisotopic (exact) mass is 274 g/mol. The van der Waals surface area contributed by atoms with Gasteiger partial charge in [-0.05, 0) is 12.1 Å². The van der Waals surface area contributed by atoms with Gasteiger partial charge < -0.3 is 5.11 Å². The Morgan fingerprint density at radius 2 is 2.06 bits per heavy atom. The summed E-state index contributed by atoms with van der Waals surface area (Å²) >= 11 is 11.8. The Balaban J connectivity index is 2.55. The van der Waals surface area contributed by atoms with Crippen LogP contribution in [0.4, 0.5) is 4.39 Å². The van der Waals surface area contributed by atoms with E-state index in [9.17, 15) is 9.50 Å². The van der Waals surface area contributed by atoms with Crippen molar-refractivity contribution < 1.29 is 9.50 Å². The highest BCUT2D eigenvalue weighted by atomic mass is 35.5. The molecule has 1 N–H and O–H groups in total. The fourth-order valence-electron chi connectivity index (χ4n) is 1.64. The molecule has 90 valence electrons. The van der Waals surface area contributed by atoms with Gasteiger partial charge in [-0.25, -0.2) is 4.39 Å². The third-order valence-electron chi connectivity index (χ3n) is 2.47. The first kappa shape index (κ1) is 12.4. The highest BCUT2D eigenvalue weighted by Gasteiger charge is 2.23. The molecule has 0 aliphatic carbocycles. The van der Waals surface area contributed by atoms with Crippen LogP contribution < -0.4 is 0 Å². The van der Waals surface area contributed by atoms with Gasteiger partial charge in [-0.1, -0.05) is 29.3 Å². The van der Waals surface area contributed by atoms with Crippen LogP contribution in [0.15, 0.2) is 24.4 Å². The molecule has 1 unspecified atom stereocenters. The third kappa shape index (κ3) is 2.16. The van der Waals surface area contributed by atoms with Crippen LogP contribution in [0.1, 0.15) is 17.4 Å². The van der Waals surface area contributed by atoms with Crippen molar-refractivity contribution in [1.82, 2.24) is 9.78 Å². The smallest absolute Gasteiger partial charge is 0.130 e. The first-order valence-electron chi connectivity index (χ1n) is 4.81. The predicted octanol–water partition coefficient (Wildman–Crippen LogP) is 2.95. The third-order valence-corrected chi connectivity index (χ3v) is 3.09. The lowest BCUT2D eigenvalue weighted by Gasteiger charge is -2.14. The van der Waals surface area contributed by atoms with Crippen LogP contribution in [0.25, 0.3) is 0 Å². The van der Waals surface area contributed by atoms with Gasteiger partial charge in [-0.2, -0.15) is 5.10 Å². The topological polar surface area (TPSA) is 38.0 Å². The summed E-state index contributed by atoms with van der Waals surface area (Å²) in [6.07, 6.45) is 0.137. The van der Waals surface area contributed by atoms with Crippen LogP contribution >= 0.6 is 23.2 Å². The van der Waals surface area contributed by atoms with Gasteiger partial charge in [0, 0.05) is 17.6 Å². The largest absolute Gasteiger partial charge is 0.382 e. The van der Waals surface area contributed by atoms with Gasteiger partial charge in [-0.15, -0.1) is 0 Å². The van der Waals surface area contributed by atoms with Crippen LogP contribution in [-0.4, -0.2) is 14.9 Å². The number of hydrogen-bond acceptors (Lipinski definition) is 2. The number of aromatic nitrogens is 2. The molecule has 1 heterocycles. The summed E-state index contributed by atoms with van der Waals surface area (Å²) in [6, 6.07) is 4.21. The molecular formula is C11H9Cl2FN2O. The van der Waals surface area contributed by atoms with Crippen molar-refractivity contribution in [2.45, 2.75) is 6.10 Å². The van der Waals surface area contributed by atoms with Gasteiger partial charge in [0.2, 0.25) is 0 Å². The second-order valence-corrected chi connectivity index (χ2v) is 4.35. The van der Waals surface area contributed by atoms with Crippen LogP contribution in [0.5, 0.6) is 0 Å². The second-order valence-electron chi connectivity index (χ2n) is 3.54. The van der Waals surface area contributed by atoms with Gasteiger partial charge >= 0.3 is 0 Å². The summed E-state index contributed by atoms with van der Waals surface area (Å²) in [5.41, 5.74) is 0.304. The van der Waals surface area contributed by atoms with E-state index in [0.29, 0.717) is 5.69 Å². The lowest BCUT2D eigenvalue weighted by molar-refractivity contribution is 0.205. The molecular weight excluding hydrogens is 266 g/mol. The molecule has 0 saturated carbocycles. The molecule has 0 saturated heterocycles. The molecule has 1 atom stereocenters. The first-order valence-corrected chi connectivity index (χ1v) is 5.57. The molecule has 1 aromatic heterocycles. The summed E-state index contributed by atoms with van der Waals surface area (Å²) in [5, 5.41) is 14.4.